The number of hydrogen-bond acceptors (Lipinski definition) is 5. The Kier molecular flexibility index (Phi) is 4.65. The zero-order valence-corrected chi connectivity index (χ0v) is 13.4. The van der Waals surface area contributed by atoms with Gasteiger partial charge in [0.1, 0.15) is 11.5 Å². The van der Waals surface area contributed by atoms with Crippen molar-refractivity contribution in [2.45, 2.75) is 10.6 Å². The first-order valence-corrected chi connectivity index (χ1v) is 8.29. The molecular weight excluding hydrogens is 323 g/mol. The van der Waals surface area contributed by atoms with Crippen LogP contribution in [0.5, 0.6) is 0 Å². The van der Waals surface area contributed by atoms with E-state index < -0.39 is 20.6 Å². The van der Waals surface area contributed by atoms with E-state index in [-0.39, 0.29) is 16.3 Å². The predicted molar refractivity (Wildman–Crippen MR) is 84.7 cm³/mol. The molecule has 0 N–H and O–H groups in total. The molecule has 6 nitrogen and oxygen atoms in total. The molecule has 2 rings (SSSR count). The molecule has 0 aliphatic carbocycles. The van der Waals surface area contributed by atoms with Gasteiger partial charge in [0.2, 0.25) is 0 Å². The second-order valence-corrected chi connectivity index (χ2v) is 7.18. The first-order chi connectivity index (χ1) is 10.7. The molecule has 0 heterocycles. The Morgan fingerprint density at radius 2 is 1.74 bits per heavy atom. The smallest absolute Gasteiger partial charge is 0.293 e. The first kappa shape index (κ1) is 16.9. The molecule has 0 aliphatic rings. The number of anilines is 1. The summed E-state index contributed by atoms with van der Waals surface area (Å²) >= 11 is 0. The van der Waals surface area contributed by atoms with Crippen molar-refractivity contribution < 1.29 is 17.7 Å². The molecule has 8 heteroatoms. The highest BCUT2D eigenvalue weighted by Crippen LogP contribution is 2.30. The number of rotatable bonds is 5. The number of benzene rings is 2. The molecule has 0 aromatic heterocycles. The van der Waals surface area contributed by atoms with Crippen molar-refractivity contribution in [3.8, 4) is 0 Å². The van der Waals surface area contributed by atoms with E-state index in [4.69, 9.17) is 0 Å². The lowest BCUT2D eigenvalue weighted by molar-refractivity contribution is -0.384. The van der Waals surface area contributed by atoms with Gasteiger partial charge in [0.25, 0.3) is 5.69 Å². The van der Waals surface area contributed by atoms with Crippen molar-refractivity contribution in [1.29, 1.82) is 0 Å². The average Bonchev–Trinajstić information content (AvgIpc) is 2.48. The Balaban J connectivity index is 2.41. The van der Waals surface area contributed by atoms with Gasteiger partial charge in [-0.2, -0.15) is 0 Å². The molecule has 0 spiro atoms. The third kappa shape index (κ3) is 3.84. The maximum Gasteiger partial charge on any atom is 0.293 e. The maximum absolute atomic E-state index is 12.9. The number of halogens is 1. The number of nitro groups is 1. The molecule has 0 atom stereocenters. The van der Waals surface area contributed by atoms with Gasteiger partial charge in [-0.3, -0.25) is 10.1 Å². The fraction of sp³-hybridized carbons (Fsp3) is 0.200. The van der Waals surface area contributed by atoms with Crippen LogP contribution in [0.25, 0.3) is 0 Å². The summed E-state index contributed by atoms with van der Waals surface area (Å²) in [7, 11) is -0.502. The van der Waals surface area contributed by atoms with E-state index in [1.165, 1.54) is 41.3 Å². The highest BCUT2D eigenvalue weighted by Gasteiger charge is 2.22. The van der Waals surface area contributed by atoms with E-state index in [1.807, 2.05) is 0 Å². The van der Waals surface area contributed by atoms with E-state index >= 15 is 0 Å². The Morgan fingerprint density at radius 1 is 1.13 bits per heavy atom. The average molecular weight is 338 g/mol. The minimum Gasteiger partial charge on any atom is -0.372 e. The van der Waals surface area contributed by atoms with Crippen molar-refractivity contribution in [1.82, 2.24) is 0 Å². The molecule has 23 heavy (non-hydrogen) atoms. The minimum atomic E-state index is -3.77. The van der Waals surface area contributed by atoms with Gasteiger partial charge < -0.3 is 4.90 Å². The van der Waals surface area contributed by atoms with Gasteiger partial charge in [0, 0.05) is 20.2 Å². The molecule has 2 aromatic rings. The van der Waals surface area contributed by atoms with Gasteiger partial charge in [-0.1, -0.05) is 12.1 Å². The summed E-state index contributed by atoms with van der Waals surface area (Å²) in [4.78, 5) is 11.9. The SMILES string of the molecule is CN(C)c1ccc(S(=O)(=O)Cc2ccc(F)cc2)cc1[N+](=O)[O-]. The van der Waals surface area contributed by atoms with E-state index in [9.17, 15) is 22.9 Å². The largest absolute Gasteiger partial charge is 0.372 e. The van der Waals surface area contributed by atoms with Crippen LogP contribution in [0.1, 0.15) is 5.56 Å². The highest BCUT2D eigenvalue weighted by molar-refractivity contribution is 7.90. The van der Waals surface area contributed by atoms with Crippen LogP contribution in [0.15, 0.2) is 47.4 Å². The second kappa shape index (κ2) is 6.33. The predicted octanol–water partition coefficient (Wildman–Crippen LogP) is 2.77. The Morgan fingerprint density at radius 3 is 2.26 bits per heavy atom. The standard InChI is InChI=1S/C15H15FN2O4S/c1-17(2)14-8-7-13(9-15(14)18(19)20)23(21,22)10-11-3-5-12(16)6-4-11/h3-9H,10H2,1-2H3. The van der Waals surface area contributed by atoms with Gasteiger partial charge in [0.05, 0.1) is 15.6 Å². The third-order valence-electron chi connectivity index (χ3n) is 3.25. The van der Waals surface area contributed by atoms with E-state index in [0.29, 0.717) is 11.3 Å². The van der Waals surface area contributed by atoms with Gasteiger partial charge in [-0.05, 0) is 29.8 Å². The van der Waals surface area contributed by atoms with E-state index in [0.717, 1.165) is 6.07 Å². The molecule has 0 saturated carbocycles. The molecule has 122 valence electrons. The molecule has 0 bridgehead atoms. The second-order valence-electron chi connectivity index (χ2n) is 5.19. The molecule has 0 unspecified atom stereocenters. The zero-order valence-electron chi connectivity index (χ0n) is 12.6. The topological polar surface area (TPSA) is 80.5 Å². The van der Waals surface area contributed by atoms with Crippen LogP contribution in [0.3, 0.4) is 0 Å². The summed E-state index contributed by atoms with van der Waals surface area (Å²) in [6, 6.07) is 8.86. The van der Waals surface area contributed by atoms with Crippen LogP contribution in [0, 0.1) is 15.9 Å². The van der Waals surface area contributed by atoms with Crippen LogP contribution in [0.4, 0.5) is 15.8 Å². The molecule has 0 radical (unpaired) electrons. The van der Waals surface area contributed by atoms with Crippen molar-refractivity contribution >= 4 is 21.2 Å². The van der Waals surface area contributed by atoms with Gasteiger partial charge in [-0.25, -0.2) is 12.8 Å². The third-order valence-corrected chi connectivity index (χ3v) is 4.94. The minimum absolute atomic E-state index is 0.140. The lowest BCUT2D eigenvalue weighted by Gasteiger charge is -2.13. The van der Waals surface area contributed by atoms with Crippen LogP contribution < -0.4 is 4.90 Å². The summed E-state index contributed by atoms with van der Waals surface area (Å²) < 4.78 is 37.7. The summed E-state index contributed by atoms with van der Waals surface area (Å²) in [5.74, 6) is -0.816. The highest BCUT2D eigenvalue weighted by atomic mass is 32.2. The summed E-state index contributed by atoms with van der Waals surface area (Å²) in [5.41, 5.74) is 0.441. The van der Waals surface area contributed by atoms with Crippen LogP contribution in [-0.2, 0) is 15.6 Å². The van der Waals surface area contributed by atoms with Crippen LogP contribution >= 0.6 is 0 Å². The maximum atomic E-state index is 12.9. The molecule has 2 aromatic carbocycles. The Hall–Kier alpha value is -2.48. The van der Waals surface area contributed by atoms with Crippen molar-refractivity contribution in [2.75, 3.05) is 19.0 Å². The normalized spacial score (nSPS) is 11.3. The van der Waals surface area contributed by atoms with E-state index in [1.54, 1.807) is 14.1 Å². The van der Waals surface area contributed by atoms with Crippen molar-refractivity contribution in [2.24, 2.45) is 0 Å². The van der Waals surface area contributed by atoms with Crippen LogP contribution in [0.2, 0.25) is 0 Å². The number of hydrogen-bond donors (Lipinski definition) is 0. The van der Waals surface area contributed by atoms with E-state index in [2.05, 4.69) is 0 Å². The lowest BCUT2D eigenvalue weighted by atomic mass is 10.2. The fourth-order valence-electron chi connectivity index (χ4n) is 2.10. The first-order valence-electron chi connectivity index (χ1n) is 6.63. The molecule has 0 fully saturated rings. The molecule has 0 aliphatic heterocycles. The Labute approximate surface area is 133 Å². The number of nitrogens with zero attached hydrogens (tertiary/aromatic N) is 2. The van der Waals surface area contributed by atoms with Crippen molar-refractivity contribution in [3.63, 3.8) is 0 Å². The summed E-state index contributed by atoms with van der Waals surface area (Å²) in [6.45, 7) is 0. The monoisotopic (exact) mass is 338 g/mol. The van der Waals surface area contributed by atoms with Gasteiger partial charge in [-0.15, -0.1) is 0 Å². The number of sulfone groups is 1. The molecule has 0 saturated heterocycles. The Bertz CT molecular complexity index is 833. The molecular formula is C15H15FN2O4S. The van der Waals surface area contributed by atoms with Gasteiger partial charge in [0.15, 0.2) is 9.84 Å². The molecule has 0 amide bonds. The quantitative estimate of drug-likeness (QED) is 0.618. The zero-order chi connectivity index (χ0) is 17.2. The summed E-state index contributed by atoms with van der Waals surface area (Å²) in [6.07, 6.45) is 0. The fourth-order valence-corrected chi connectivity index (χ4v) is 3.47. The van der Waals surface area contributed by atoms with Crippen molar-refractivity contribution in [3.05, 3.63) is 64.0 Å². The number of nitro benzene ring substituents is 1. The lowest BCUT2D eigenvalue weighted by Crippen LogP contribution is -2.12. The summed E-state index contributed by atoms with van der Waals surface area (Å²) in [5, 5.41) is 11.1. The van der Waals surface area contributed by atoms with Crippen LogP contribution in [-0.4, -0.2) is 27.4 Å². The van der Waals surface area contributed by atoms with Gasteiger partial charge >= 0.3 is 0 Å².